The van der Waals surface area contributed by atoms with Crippen LogP contribution in [0, 0.1) is 6.20 Å². The second-order valence-electron chi connectivity index (χ2n) is 3.27. The van der Waals surface area contributed by atoms with Crippen LogP contribution in [0.25, 0.3) is 0 Å². The third-order valence-corrected chi connectivity index (χ3v) is 1.81. The summed E-state index contributed by atoms with van der Waals surface area (Å²) in [5, 5.41) is 0. The van der Waals surface area contributed by atoms with Crippen molar-refractivity contribution < 1.29 is 9.53 Å². The molecule has 0 bridgehead atoms. The minimum atomic E-state index is -0.365. The minimum Gasteiger partial charge on any atom is -0.462 e. The average Bonchev–Trinajstić information content (AvgIpc) is 2.18. The molecule has 0 N–H and O–H groups in total. The van der Waals surface area contributed by atoms with Crippen LogP contribution in [0.5, 0.6) is 0 Å². The molecule has 75 valence electrons. The zero-order chi connectivity index (χ0) is 10.6. The largest absolute Gasteiger partial charge is 0.462 e. The number of rotatable bonds is 3. The molecule has 0 aliphatic carbocycles. The Morgan fingerprint density at radius 1 is 1.57 bits per heavy atom. The molecule has 0 amide bonds. The first kappa shape index (κ1) is 10.7. The molecule has 0 saturated heterocycles. The fraction of sp³-hybridized carbons (Fsp3) is 0.455. The number of hydrogen-bond acceptors (Lipinski definition) is 3. The molecule has 0 fully saturated rings. The Morgan fingerprint density at radius 3 is 2.71 bits per heavy atom. The lowest BCUT2D eigenvalue weighted by Crippen LogP contribution is -2.06. The third kappa shape index (κ3) is 2.55. The van der Waals surface area contributed by atoms with E-state index < -0.39 is 0 Å². The maximum absolute atomic E-state index is 11.2. The van der Waals surface area contributed by atoms with Gasteiger partial charge in [0.25, 0.3) is 0 Å². The fourth-order valence-corrected chi connectivity index (χ4v) is 1.01. The lowest BCUT2D eigenvalue weighted by Gasteiger charge is -2.04. The molecule has 14 heavy (non-hydrogen) atoms. The van der Waals surface area contributed by atoms with Crippen LogP contribution >= 0.6 is 0 Å². The molecular formula is C11H14NO2. The molecule has 1 aromatic rings. The Labute approximate surface area is 84.1 Å². The molecule has 1 heterocycles. The summed E-state index contributed by atoms with van der Waals surface area (Å²) in [7, 11) is 0. The van der Waals surface area contributed by atoms with Gasteiger partial charge in [0, 0.05) is 5.69 Å². The normalized spacial score (nSPS) is 10.3. The standard InChI is InChI=1S/C11H14NO2/c1-4-14-11(13)9-5-6-10(8(2)3)12-7-9/h5-6,8H,4H2,1-3H3. The van der Waals surface area contributed by atoms with Crippen molar-refractivity contribution in [3.05, 3.63) is 29.6 Å². The highest BCUT2D eigenvalue weighted by Crippen LogP contribution is 2.11. The number of nitrogens with zero attached hydrogens (tertiary/aromatic N) is 1. The van der Waals surface area contributed by atoms with Crippen LogP contribution in [0.15, 0.2) is 12.1 Å². The van der Waals surface area contributed by atoms with Crippen LogP contribution < -0.4 is 0 Å². The van der Waals surface area contributed by atoms with Gasteiger partial charge in [0.1, 0.15) is 6.20 Å². The molecule has 1 radical (unpaired) electrons. The monoisotopic (exact) mass is 192 g/mol. The Bertz CT molecular complexity index is 304. The van der Waals surface area contributed by atoms with E-state index in [1.165, 1.54) is 0 Å². The molecule has 0 spiro atoms. The van der Waals surface area contributed by atoms with Gasteiger partial charge in [-0.2, -0.15) is 0 Å². The van der Waals surface area contributed by atoms with E-state index in [-0.39, 0.29) is 5.97 Å². The molecule has 1 aromatic heterocycles. The lowest BCUT2D eigenvalue weighted by molar-refractivity contribution is 0.0525. The van der Waals surface area contributed by atoms with Gasteiger partial charge in [0.2, 0.25) is 0 Å². The van der Waals surface area contributed by atoms with Gasteiger partial charge >= 0.3 is 5.97 Å². The number of hydrogen-bond donors (Lipinski definition) is 0. The van der Waals surface area contributed by atoms with Gasteiger partial charge in [0.15, 0.2) is 0 Å². The molecule has 0 aliphatic rings. The summed E-state index contributed by atoms with van der Waals surface area (Å²) < 4.78 is 4.82. The van der Waals surface area contributed by atoms with Gasteiger partial charge in [-0.15, -0.1) is 0 Å². The van der Waals surface area contributed by atoms with E-state index >= 15 is 0 Å². The molecule has 3 heteroatoms. The van der Waals surface area contributed by atoms with E-state index in [9.17, 15) is 4.79 Å². The summed E-state index contributed by atoms with van der Waals surface area (Å²) in [6, 6.07) is 3.52. The molecule has 0 atom stereocenters. The topological polar surface area (TPSA) is 39.2 Å². The van der Waals surface area contributed by atoms with Crippen LogP contribution in [0.1, 0.15) is 42.7 Å². The predicted molar refractivity (Wildman–Crippen MR) is 53.1 cm³/mol. The molecule has 0 aliphatic heterocycles. The second-order valence-corrected chi connectivity index (χ2v) is 3.27. The van der Waals surface area contributed by atoms with E-state index in [0.717, 1.165) is 5.69 Å². The number of pyridine rings is 1. The van der Waals surface area contributed by atoms with Crippen LogP contribution in [0.4, 0.5) is 0 Å². The summed E-state index contributed by atoms with van der Waals surface area (Å²) in [5.41, 5.74) is 1.31. The van der Waals surface area contributed by atoms with Crippen LogP contribution in [0.3, 0.4) is 0 Å². The van der Waals surface area contributed by atoms with Crippen molar-refractivity contribution in [2.45, 2.75) is 26.7 Å². The Balaban J connectivity index is 2.78. The summed E-state index contributed by atoms with van der Waals surface area (Å²) in [6.07, 6.45) is 2.68. The minimum absolute atomic E-state index is 0.350. The first-order valence-corrected chi connectivity index (χ1v) is 4.71. The van der Waals surface area contributed by atoms with Crippen molar-refractivity contribution in [1.82, 2.24) is 4.98 Å². The Morgan fingerprint density at radius 2 is 2.29 bits per heavy atom. The molecule has 1 rings (SSSR count). The number of aromatic nitrogens is 1. The zero-order valence-corrected chi connectivity index (χ0v) is 8.70. The van der Waals surface area contributed by atoms with Gasteiger partial charge in [0.05, 0.1) is 12.2 Å². The first-order valence-electron chi connectivity index (χ1n) is 4.71. The van der Waals surface area contributed by atoms with E-state index in [1.807, 2.05) is 19.9 Å². The summed E-state index contributed by atoms with van der Waals surface area (Å²) in [6.45, 7) is 6.23. The van der Waals surface area contributed by atoms with Crippen molar-refractivity contribution in [1.29, 1.82) is 0 Å². The Hall–Kier alpha value is -1.38. The highest BCUT2D eigenvalue weighted by Gasteiger charge is 2.08. The molecule has 0 aromatic carbocycles. The van der Waals surface area contributed by atoms with Crippen molar-refractivity contribution in [3.8, 4) is 0 Å². The summed E-state index contributed by atoms with van der Waals surface area (Å²) >= 11 is 0. The van der Waals surface area contributed by atoms with E-state index in [4.69, 9.17) is 4.74 Å². The van der Waals surface area contributed by atoms with Crippen LogP contribution in [0.2, 0.25) is 0 Å². The third-order valence-electron chi connectivity index (χ3n) is 1.81. The quantitative estimate of drug-likeness (QED) is 0.689. The van der Waals surface area contributed by atoms with Crippen molar-refractivity contribution in [3.63, 3.8) is 0 Å². The van der Waals surface area contributed by atoms with Gasteiger partial charge in [-0.25, -0.2) is 9.78 Å². The summed E-state index contributed by atoms with van der Waals surface area (Å²) in [5.74, 6) is -0.0159. The molecular weight excluding hydrogens is 178 g/mol. The smallest absolute Gasteiger partial charge is 0.340 e. The zero-order valence-electron chi connectivity index (χ0n) is 8.70. The van der Waals surface area contributed by atoms with E-state index in [2.05, 4.69) is 11.2 Å². The van der Waals surface area contributed by atoms with Crippen molar-refractivity contribution in [2.24, 2.45) is 0 Å². The van der Waals surface area contributed by atoms with Crippen molar-refractivity contribution >= 4 is 5.97 Å². The predicted octanol–water partition coefficient (Wildman–Crippen LogP) is 2.18. The second kappa shape index (κ2) is 4.74. The fourth-order valence-electron chi connectivity index (χ4n) is 1.01. The van der Waals surface area contributed by atoms with E-state index in [0.29, 0.717) is 18.1 Å². The lowest BCUT2D eigenvalue weighted by atomic mass is 10.1. The molecule has 3 nitrogen and oxygen atoms in total. The maximum Gasteiger partial charge on any atom is 0.340 e. The van der Waals surface area contributed by atoms with Gasteiger partial charge in [-0.05, 0) is 25.0 Å². The molecule has 0 saturated carbocycles. The number of esters is 1. The summed E-state index contributed by atoms with van der Waals surface area (Å²) in [4.78, 5) is 15.3. The van der Waals surface area contributed by atoms with Gasteiger partial charge < -0.3 is 4.74 Å². The van der Waals surface area contributed by atoms with Crippen LogP contribution in [-0.4, -0.2) is 17.6 Å². The van der Waals surface area contributed by atoms with Crippen LogP contribution in [-0.2, 0) is 4.74 Å². The van der Waals surface area contributed by atoms with E-state index in [1.54, 1.807) is 13.0 Å². The average molecular weight is 192 g/mol. The highest BCUT2D eigenvalue weighted by atomic mass is 16.5. The SMILES string of the molecule is CCOC(=O)c1[c]nc(C(C)C)cc1. The number of carbonyl (C=O) groups excluding carboxylic acids is 1. The van der Waals surface area contributed by atoms with Gasteiger partial charge in [-0.1, -0.05) is 13.8 Å². The van der Waals surface area contributed by atoms with Gasteiger partial charge in [-0.3, -0.25) is 0 Å². The maximum atomic E-state index is 11.2. The molecule has 0 unspecified atom stereocenters. The van der Waals surface area contributed by atoms with Crippen molar-refractivity contribution in [2.75, 3.05) is 6.61 Å². The first-order chi connectivity index (χ1) is 6.65. The Kier molecular flexibility index (Phi) is 3.63. The highest BCUT2D eigenvalue weighted by molar-refractivity contribution is 5.88. The number of ether oxygens (including phenoxy) is 1. The number of carbonyl (C=O) groups is 1.